The highest BCUT2D eigenvalue weighted by Gasteiger charge is 2.29. The molecule has 0 spiro atoms. The molecule has 5 nitrogen and oxygen atoms in total. The standard InChI is InChI=1S/C20H28N4OS/c1-12-8-10-16(11-9-12)18-22-20(24-23-18)26-15(4)19(25)21-17-7-5-6-13(2)14(17)3/h8-11,13-15,17H,5-7H2,1-4H3,(H,21,25)(H,22,23,24)/t13-,14-,15+,17-/m0/s1. The predicted octanol–water partition coefficient (Wildman–Crippen LogP) is 4.20. The van der Waals surface area contributed by atoms with Crippen LogP contribution < -0.4 is 5.32 Å². The Morgan fingerprint density at radius 2 is 2.00 bits per heavy atom. The van der Waals surface area contributed by atoms with Crippen LogP contribution in [0.1, 0.15) is 45.6 Å². The normalized spacial score (nSPS) is 24.2. The summed E-state index contributed by atoms with van der Waals surface area (Å²) >= 11 is 1.40. The zero-order valence-corrected chi connectivity index (χ0v) is 16.8. The second-order valence-corrected chi connectivity index (χ2v) is 8.78. The van der Waals surface area contributed by atoms with E-state index in [9.17, 15) is 4.79 Å². The number of hydrogen-bond donors (Lipinski definition) is 2. The number of aromatic amines is 1. The first-order valence-electron chi connectivity index (χ1n) is 9.40. The van der Waals surface area contributed by atoms with Crippen molar-refractivity contribution in [1.29, 1.82) is 0 Å². The summed E-state index contributed by atoms with van der Waals surface area (Å²) in [5.74, 6) is 2.00. The van der Waals surface area contributed by atoms with Crippen molar-refractivity contribution < 1.29 is 4.79 Å². The van der Waals surface area contributed by atoms with E-state index in [4.69, 9.17) is 0 Å². The van der Waals surface area contributed by atoms with Gasteiger partial charge in [-0.1, -0.05) is 68.3 Å². The number of aromatic nitrogens is 3. The second-order valence-electron chi connectivity index (χ2n) is 7.48. The Morgan fingerprint density at radius 1 is 1.27 bits per heavy atom. The molecule has 1 fully saturated rings. The Bertz CT molecular complexity index is 743. The van der Waals surface area contributed by atoms with Gasteiger partial charge in [-0.3, -0.25) is 9.89 Å². The second kappa shape index (κ2) is 8.25. The van der Waals surface area contributed by atoms with Gasteiger partial charge in [0, 0.05) is 11.6 Å². The molecule has 0 radical (unpaired) electrons. The molecule has 1 aromatic heterocycles. The lowest BCUT2D eigenvalue weighted by Crippen LogP contribution is -2.46. The number of carbonyl (C=O) groups is 1. The number of rotatable bonds is 5. The lowest BCUT2D eigenvalue weighted by Gasteiger charge is -2.35. The van der Waals surface area contributed by atoms with Crippen LogP contribution in [0.4, 0.5) is 0 Å². The van der Waals surface area contributed by atoms with Gasteiger partial charge < -0.3 is 5.32 Å². The van der Waals surface area contributed by atoms with E-state index in [1.54, 1.807) is 0 Å². The quantitative estimate of drug-likeness (QED) is 0.772. The van der Waals surface area contributed by atoms with Gasteiger partial charge in [0.1, 0.15) is 0 Å². The van der Waals surface area contributed by atoms with E-state index in [2.05, 4.69) is 41.3 Å². The third-order valence-corrected chi connectivity index (χ3v) is 6.44. The summed E-state index contributed by atoms with van der Waals surface area (Å²) in [5, 5.41) is 10.8. The van der Waals surface area contributed by atoms with E-state index < -0.39 is 0 Å². The maximum Gasteiger partial charge on any atom is 0.233 e. The van der Waals surface area contributed by atoms with E-state index in [0.29, 0.717) is 17.0 Å². The molecule has 1 aliphatic carbocycles. The van der Waals surface area contributed by atoms with E-state index in [-0.39, 0.29) is 17.2 Å². The molecular weight excluding hydrogens is 344 g/mol. The van der Waals surface area contributed by atoms with Gasteiger partial charge in [0.2, 0.25) is 11.1 Å². The summed E-state index contributed by atoms with van der Waals surface area (Å²) in [7, 11) is 0. The zero-order valence-electron chi connectivity index (χ0n) is 16.0. The van der Waals surface area contributed by atoms with Crippen molar-refractivity contribution in [2.24, 2.45) is 11.8 Å². The van der Waals surface area contributed by atoms with Crippen LogP contribution in [0, 0.1) is 18.8 Å². The van der Waals surface area contributed by atoms with Gasteiger partial charge in [0.15, 0.2) is 5.82 Å². The summed E-state index contributed by atoms with van der Waals surface area (Å²) in [6.45, 7) is 8.50. The highest BCUT2D eigenvalue weighted by Crippen LogP contribution is 2.30. The summed E-state index contributed by atoms with van der Waals surface area (Å²) in [5.41, 5.74) is 2.21. The molecule has 140 valence electrons. The molecular formula is C20H28N4OS. The summed E-state index contributed by atoms with van der Waals surface area (Å²) < 4.78 is 0. The number of amides is 1. The zero-order chi connectivity index (χ0) is 18.7. The number of H-pyrrole nitrogens is 1. The Morgan fingerprint density at radius 3 is 2.73 bits per heavy atom. The Hall–Kier alpha value is -1.82. The van der Waals surface area contributed by atoms with Gasteiger partial charge in [-0.25, -0.2) is 4.98 Å². The molecule has 2 aromatic rings. The minimum Gasteiger partial charge on any atom is -0.352 e. The van der Waals surface area contributed by atoms with Gasteiger partial charge in [-0.05, 0) is 32.1 Å². The van der Waals surface area contributed by atoms with Crippen molar-refractivity contribution in [3.05, 3.63) is 29.8 Å². The predicted molar refractivity (Wildman–Crippen MR) is 106 cm³/mol. The van der Waals surface area contributed by atoms with Crippen LogP contribution >= 0.6 is 11.8 Å². The molecule has 0 aliphatic heterocycles. The van der Waals surface area contributed by atoms with Gasteiger partial charge in [-0.15, -0.1) is 5.10 Å². The average molecular weight is 373 g/mol. The van der Waals surface area contributed by atoms with Crippen LogP contribution in [0.2, 0.25) is 0 Å². The fraction of sp³-hybridized carbons (Fsp3) is 0.550. The van der Waals surface area contributed by atoms with Crippen molar-refractivity contribution in [2.45, 2.75) is 63.4 Å². The third-order valence-electron chi connectivity index (χ3n) is 5.48. The highest BCUT2D eigenvalue weighted by molar-refractivity contribution is 8.00. The number of nitrogens with one attached hydrogen (secondary N) is 2. The minimum absolute atomic E-state index is 0.0719. The third kappa shape index (κ3) is 4.47. The summed E-state index contributed by atoms with van der Waals surface area (Å²) in [6, 6.07) is 8.42. The molecule has 1 aromatic carbocycles. The number of benzene rings is 1. The van der Waals surface area contributed by atoms with Crippen LogP contribution in [-0.4, -0.2) is 32.4 Å². The van der Waals surface area contributed by atoms with Crippen molar-refractivity contribution in [3.8, 4) is 11.4 Å². The van der Waals surface area contributed by atoms with Crippen LogP contribution in [-0.2, 0) is 4.79 Å². The van der Waals surface area contributed by atoms with E-state index in [1.165, 1.54) is 30.2 Å². The van der Waals surface area contributed by atoms with Gasteiger partial charge in [-0.2, -0.15) is 0 Å². The molecule has 0 saturated heterocycles. The van der Waals surface area contributed by atoms with Crippen molar-refractivity contribution in [2.75, 3.05) is 0 Å². The maximum absolute atomic E-state index is 12.6. The fourth-order valence-electron chi connectivity index (χ4n) is 3.44. The lowest BCUT2D eigenvalue weighted by molar-refractivity contribution is -0.121. The number of hydrogen-bond acceptors (Lipinski definition) is 4. The Labute approximate surface area is 159 Å². The Kier molecular flexibility index (Phi) is 6.01. The molecule has 1 aliphatic rings. The topological polar surface area (TPSA) is 70.7 Å². The minimum atomic E-state index is -0.221. The molecule has 0 unspecified atom stereocenters. The van der Waals surface area contributed by atoms with Crippen molar-refractivity contribution >= 4 is 17.7 Å². The van der Waals surface area contributed by atoms with E-state index >= 15 is 0 Å². The molecule has 1 amide bonds. The molecule has 0 bridgehead atoms. The number of carbonyl (C=O) groups excluding carboxylic acids is 1. The highest BCUT2D eigenvalue weighted by atomic mass is 32.2. The van der Waals surface area contributed by atoms with Crippen molar-refractivity contribution in [3.63, 3.8) is 0 Å². The fourth-order valence-corrected chi connectivity index (χ4v) is 4.17. The van der Waals surface area contributed by atoms with Crippen molar-refractivity contribution in [1.82, 2.24) is 20.5 Å². The lowest BCUT2D eigenvalue weighted by atomic mass is 9.78. The van der Waals surface area contributed by atoms with Crippen LogP contribution in [0.15, 0.2) is 29.4 Å². The van der Waals surface area contributed by atoms with Gasteiger partial charge >= 0.3 is 0 Å². The number of thioether (sulfide) groups is 1. The van der Waals surface area contributed by atoms with Gasteiger partial charge in [0.25, 0.3) is 0 Å². The number of nitrogens with zero attached hydrogens (tertiary/aromatic N) is 2. The van der Waals surface area contributed by atoms with Crippen LogP contribution in [0.5, 0.6) is 0 Å². The SMILES string of the molecule is Cc1ccc(-c2nc(S[C@H](C)C(=O)N[C@H]3CCC[C@H](C)[C@@H]3C)n[nH]2)cc1. The molecule has 1 saturated carbocycles. The van der Waals surface area contributed by atoms with Crippen LogP contribution in [0.25, 0.3) is 11.4 Å². The first-order chi connectivity index (χ1) is 12.4. The monoisotopic (exact) mass is 372 g/mol. The average Bonchev–Trinajstić information content (AvgIpc) is 3.08. The molecule has 4 atom stereocenters. The molecule has 3 rings (SSSR count). The number of aryl methyl sites for hydroxylation is 1. The van der Waals surface area contributed by atoms with E-state index in [1.807, 2.05) is 31.2 Å². The molecule has 6 heteroatoms. The molecule has 1 heterocycles. The molecule has 26 heavy (non-hydrogen) atoms. The first-order valence-corrected chi connectivity index (χ1v) is 10.3. The molecule has 2 N–H and O–H groups in total. The summed E-state index contributed by atoms with van der Waals surface area (Å²) in [6.07, 6.45) is 3.53. The van der Waals surface area contributed by atoms with E-state index in [0.717, 1.165) is 17.8 Å². The Balaban J connectivity index is 1.58. The largest absolute Gasteiger partial charge is 0.352 e. The maximum atomic E-state index is 12.6. The van der Waals surface area contributed by atoms with Gasteiger partial charge in [0.05, 0.1) is 5.25 Å². The first kappa shape index (κ1) is 19.0. The van der Waals surface area contributed by atoms with Crippen LogP contribution in [0.3, 0.4) is 0 Å². The summed E-state index contributed by atoms with van der Waals surface area (Å²) in [4.78, 5) is 17.1. The smallest absolute Gasteiger partial charge is 0.233 e.